The van der Waals surface area contributed by atoms with E-state index in [-0.39, 0.29) is 0 Å². The van der Waals surface area contributed by atoms with Gasteiger partial charge in [-0.2, -0.15) is 10.4 Å². The van der Waals surface area contributed by atoms with Crippen LogP contribution in [0.25, 0.3) is 33.5 Å². The van der Waals surface area contributed by atoms with Crippen molar-refractivity contribution < 1.29 is 4.74 Å². The Balaban J connectivity index is 1.36. The lowest BCUT2D eigenvalue weighted by molar-refractivity contribution is 0.212. The molecule has 2 N–H and O–H groups in total. The second kappa shape index (κ2) is 8.52. The van der Waals surface area contributed by atoms with E-state index in [1.165, 1.54) is 5.69 Å². The van der Waals surface area contributed by atoms with Gasteiger partial charge in [-0.1, -0.05) is 0 Å². The number of rotatable bonds is 6. The molecule has 1 fully saturated rings. The molecule has 0 unspecified atom stereocenters. The minimum absolute atomic E-state index is 0.547. The zero-order valence-electron chi connectivity index (χ0n) is 18.4. The van der Waals surface area contributed by atoms with Gasteiger partial charge >= 0.3 is 0 Å². The van der Waals surface area contributed by atoms with Crippen molar-refractivity contribution in [3.8, 4) is 23.3 Å². The van der Waals surface area contributed by atoms with E-state index in [9.17, 15) is 0 Å². The van der Waals surface area contributed by atoms with Crippen LogP contribution in [0.15, 0.2) is 36.4 Å². The number of piperidine rings is 1. The molecule has 2 aromatic carbocycles. The van der Waals surface area contributed by atoms with Crippen molar-refractivity contribution in [2.75, 3.05) is 38.7 Å². The fourth-order valence-corrected chi connectivity index (χ4v) is 4.58. The summed E-state index contributed by atoms with van der Waals surface area (Å²) in [6.45, 7) is 2.86. The molecule has 1 aliphatic heterocycles. The number of nitrogens with zero attached hydrogens (tertiary/aromatic N) is 5. The Morgan fingerprint density at radius 3 is 2.78 bits per heavy atom. The van der Waals surface area contributed by atoms with Crippen LogP contribution in [0.3, 0.4) is 0 Å². The number of aromatic amines is 2. The predicted octanol–water partition coefficient (Wildman–Crippen LogP) is 3.93. The Labute approximate surface area is 186 Å². The lowest BCUT2D eigenvalue weighted by atomic mass is 10.0. The first kappa shape index (κ1) is 20.3. The number of H-pyrrole nitrogens is 2. The summed E-state index contributed by atoms with van der Waals surface area (Å²) in [4.78, 5) is 13.0. The Bertz CT molecular complexity index is 1280. The minimum Gasteiger partial charge on any atom is -0.497 e. The van der Waals surface area contributed by atoms with Crippen LogP contribution in [-0.2, 0) is 0 Å². The van der Waals surface area contributed by atoms with Crippen molar-refractivity contribution in [3.63, 3.8) is 0 Å². The topological polar surface area (TPSA) is 96.9 Å². The number of hydrogen-bond donors (Lipinski definition) is 2. The number of hydrogen-bond acceptors (Lipinski definition) is 6. The predicted molar refractivity (Wildman–Crippen MR) is 126 cm³/mol. The Morgan fingerprint density at radius 2 is 2.00 bits per heavy atom. The molecule has 0 saturated carbocycles. The van der Waals surface area contributed by atoms with Gasteiger partial charge in [-0.15, -0.1) is 0 Å². The highest BCUT2D eigenvalue weighted by Crippen LogP contribution is 2.31. The molecule has 32 heavy (non-hydrogen) atoms. The zero-order valence-corrected chi connectivity index (χ0v) is 18.4. The normalized spacial score (nSPS) is 15.0. The van der Waals surface area contributed by atoms with E-state index in [0.717, 1.165) is 71.7 Å². The van der Waals surface area contributed by atoms with Crippen LogP contribution < -0.4 is 9.64 Å². The first-order valence-electron chi connectivity index (χ1n) is 11.0. The molecule has 0 aliphatic carbocycles. The van der Waals surface area contributed by atoms with Gasteiger partial charge in [-0.3, -0.25) is 5.10 Å². The molecular formula is C24H27N7O. The van der Waals surface area contributed by atoms with Crippen molar-refractivity contribution in [1.82, 2.24) is 25.1 Å². The first-order chi connectivity index (χ1) is 15.7. The van der Waals surface area contributed by atoms with Gasteiger partial charge in [-0.05, 0) is 56.3 Å². The number of aromatic nitrogens is 4. The molecule has 1 aliphatic rings. The number of benzene rings is 2. The largest absolute Gasteiger partial charge is 0.497 e. The number of nitrogens with one attached hydrogen (secondary N) is 2. The van der Waals surface area contributed by atoms with Crippen LogP contribution in [0.4, 0.5) is 5.69 Å². The highest BCUT2D eigenvalue weighted by molar-refractivity contribution is 5.94. The van der Waals surface area contributed by atoms with Crippen molar-refractivity contribution in [1.29, 1.82) is 5.26 Å². The van der Waals surface area contributed by atoms with Gasteiger partial charge in [0.2, 0.25) is 0 Å². The van der Waals surface area contributed by atoms with Crippen LogP contribution >= 0.6 is 0 Å². The van der Waals surface area contributed by atoms with Crippen molar-refractivity contribution >= 4 is 27.6 Å². The van der Waals surface area contributed by atoms with Crippen LogP contribution in [0.5, 0.6) is 5.75 Å². The average molecular weight is 430 g/mol. The van der Waals surface area contributed by atoms with Crippen molar-refractivity contribution in [2.45, 2.75) is 25.3 Å². The highest BCUT2D eigenvalue weighted by atomic mass is 16.5. The molecular weight excluding hydrogens is 402 g/mol. The fraction of sp³-hybridized carbons (Fsp3) is 0.375. The third-order valence-corrected chi connectivity index (χ3v) is 6.49. The molecule has 0 spiro atoms. The molecule has 8 nitrogen and oxygen atoms in total. The molecule has 0 radical (unpaired) electrons. The summed E-state index contributed by atoms with van der Waals surface area (Å²) >= 11 is 0. The summed E-state index contributed by atoms with van der Waals surface area (Å²) in [5, 5.41) is 17.4. The molecule has 4 aromatic rings. The number of anilines is 1. The number of ether oxygens (including phenoxy) is 1. The van der Waals surface area contributed by atoms with E-state index in [4.69, 9.17) is 15.0 Å². The monoisotopic (exact) mass is 429 g/mol. The first-order valence-corrected chi connectivity index (χ1v) is 11.0. The summed E-state index contributed by atoms with van der Waals surface area (Å²) in [5.41, 5.74) is 4.86. The van der Waals surface area contributed by atoms with Crippen LogP contribution in [0.2, 0.25) is 0 Å². The summed E-state index contributed by atoms with van der Waals surface area (Å²) in [6, 6.07) is 15.1. The van der Waals surface area contributed by atoms with Gasteiger partial charge in [0.05, 0.1) is 29.7 Å². The van der Waals surface area contributed by atoms with Crippen LogP contribution in [0.1, 0.15) is 19.3 Å². The van der Waals surface area contributed by atoms with Gasteiger partial charge in [0.15, 0.2) is 5.82 Å². The van der Waals surface area contributed by atoms with E-state index in [1.807, 2.05) is 18.2 Å². The number of imidazole rings is 1. The Kier molecular flexibility index (Phi) is 5.41. The Morgan fingerprint density at radius 1 is 1.19 bits per heavy atom. The van der Waals surface area contributed by atoms with E-state index in [0.29, 0.717) is 12.5 Å². The maximum Gasteiger partial charge on any atom is 0.159 e. The molecule has 0 bridgehead atoms. The summed E-state index contributed by atoms with van der Waals surface area (Å²) in [6.07, 6.45) is 2.80. The summed E-state index contributed by atoms with van der Waals surface area (Å²) in [5.74, 6) is 1.54. The quantitative estimate of drug-likeness (QED) is 0.482. The second-order valence-corrected chi connectivity index (χ2v) is 8.38. The second-order valence-electron chi connectivity index (χ2n) is 8.38. The standard InChI is InChI=1S/C24H27N7O/c1-30(11-3-10-25)16-8-12-31(13-9-16)17-4-6-21-22(14-17)27-24(26-21)23-19-15-18(32-2)5-7-20(19)28-29-23/h4-7,14-16H,3,8-9,11-13H2,1-2H3,(H,26,27)(H,28,29). The van der Waals surface area contributed by atoms with Gasteiger partial charge in [-0.25, -0.2) is 4.98 Å². The average Bonchev–Trinajstić information content (AvgIpc) is 3.45. The zero-order chi connectivity index (χ0) is 22.1. The van der Waals surface area contributed by atoms with Gasteiger partial charge in [0, 0.05) is 43.2 Å². The highest BCUT2D eigenvalue weighted by Gasteiger charge is 2.23. The van der Waals surface area contributed by atoms with Crippen molar-refractivity contribution in [3.05, 3.63) is 36.4 Å². The van der Waals surface area contributed by atoms with Gasteiger partial charge in [0.1, 0.15) is 11.4 Å². The number of nitriles is 1. The van der Waals surface area contributed by atoms with Gasteiger partial charge < -0.3 is 19.5 Å². The lowest BCUT2D eigenvalue weighted by Crippen LogP contribution is -2.43. The Hall–Kier alpha value is -3.57. The van der Waals surface area contributed by atoms with Gasteiger partial charge in [0.25, 0.3) is 0 Å². The molecule has 1 saturated heterocycles. The fourth-order valence-electron chi connectivity index (χ4n) is 4.58. The molecule has 8 heteroatoms. The van der Waals surface area contributed by atoms with E-state index in [1.54, 1.807) is 7.11 Å². The number of methoxy groups -OCH3 is 1. The number of fused-ring (bicyclic) bond motifs is 2. The molecule has 3 heterocycles. The molecule has 164 valence electrons. The maximum atomic E-state index is 8.82. The lowest BCUT2D eigenvalue weighted by Gasteiger charge is -2.37. The van der Waals surface area contributed by atoms with E-state index in [2.05, 4.69) is 56.3 Å². The third kappa shape index (κ3) is 3.76. The SMILES string of the molecule is COc1ccc2[nH]nc(-c3nc4cc(N5CCC(N(C)CCC#N)CC5)ccc4[nH]3)c2c1. The molecule has 5 rings (SSSR count). The summed E-state index contributed by atoms with van der Waals surface area (Å²) < 4.78 is 5.37. The van der Waals surface area contributed by atoms with Crippen molar-refractivity contribution in [2.24, 2.45) is 0 Å². The van der Waals surface area contributed by atoms with Crippen LogP contribution in [-0.4, -0.2) is 64.9 Å². The molecule has 2 aromatic heterocycles. The maximum absolute atomic E-state index is 8.82. The molecule has 0 amide bonds. The third-order valence-electron chi connectivity index (χ3n) is 6.49. The van der Waals surface area contributed by atoms with E-state index >= 15 is 0 Å². The van der Waals surface area contributed by atoms with E-state index < -0.39 is 0 Å². The molecule has 0 atom stereocenters. The minimum atomic E-state index is 0.547. The van der Waals surface area contributed by atoms with Crippen LogP contribution in [0, 0.1) is 11.3 Å². The summed E-state index contributed by atoms with van der Waals surface area (Å²) in [7, 11) is 3.79. The smallest absolute Gasteiger partial charge is 0.159 e.